The maximum atomic E-state index is 13.4. The van der Waals surface area contributed by atoms with E-state index < -0.39 is 10.7 Å². The van der Waals surface area contributed by atoms with Gasteiger partial charge in [0.2, 0.25) is 0 Å². The standard InChI is InChI=1S/C15H14BrFN2O2/c1-10(7-11-5-3-2-4-6-11)18-14-8-12(16)13(17)9-15(14)19(20)21/h2-6,8-10,18H,7H2,1H3. The van der Waals surface area contributed by atoms with E-state index in [1.165, 1.54) is 6.07 Å². The summed E-state index contributed by atoms with van der Waals surface area (Å²) in [5.41, 5.74) is 1.16. The first kappa shape index (κ1) is 15.4. The molecule has 0 aliphatic heterocycles. The number of hydrogen-bond acceptors (Lipinski definition) is 3. The van der Waals surface area contributed by atoms with Crippen LogP contribution in [0.1, 0.15) is 12.5 Å². The fourth-order valence-corrected chi connectivity index (χ4v) is 2.43. The van der Waals surface area contributed by atoms with Crippen molar-refractivity contribution in [1.29, 1.82) is 0 Å². The molecule has 0 saturated heterocycles. The first-order valence-corrected chi connectivity index (χ1v) is 7.20. The highest BCUT2D eigenvalue weighted by Crippen LogP contribution is 2.31. The molecule has 21 heavy (non-hydrogen) atoms. The Morgan fingerprint density at radius 1 is 1.33 bits per heavy atom. The largest absolute Gasteiger partial charge is 0.377 e. The van der Waals surface area contributed by atoms with Gasteiger partial charge < -0.3 is 5.32 Å². The molecule has 0 aliphatic carbocycles. The van der Waals surface area contributed by atoms with Gasteiger partial charge >= 0.3 is 0 Å². The van der Waals surface area contributed by atoms with Gasteiger partial charge in [0, 0.05) is 6.04 Å². The molecule has 0 amide bonds. The highest BCUT2D eigenvalue weighted by molar-refractivity contribution is 9.10. The first-order valence-electron chi connectivity index (χ1n) is 6.41. The van der Waals surface area contributed by atoms with E-state index in [1.54, 1.807) is 0 Å². The zero-order valence-corrected chi connectivity index (χ0v) is 12.9. The van der Waals surface area contributed by atoms with Gasteiger partial charge in [-0.3, -0.25) is 10.1 Å². The third-order valence-corrected chi connectivity index (χ3v) is 3.63. The summed E-state index contributed by atoms with van der Waals surface area (Å²) in [4.78, 5) is 10.4. The topological polar surface area (TPSA) is 55.2 Å². The summed E-state index contributed by atoms with van der Waals surface area (Å²) in [6.07, 6.45) is 0.715. The Morgan fingerprint density at radius 2 is 2.00 bits per heavy atom. The highest BCUT2D eigenvalue weighted by atomic mass is 79.9. The number of nitro benzene ring substituents is 1. The van der Waals surface area contributed by atoms with E-state index in [2.05, 4.69) is 21.2 Å². The molecule has 0 aromatic heterocycles. The minimum atomic E-state index is -0.650. The van der Waals surface area contributed by atoms with Crippen LogP contribution in [0.25, 0.3) is 0 Å². The van der Waals surface area contributed by atoms with Gasteiger partial charge in [-0.1, -0.05) is 30.3 Å². The van der Waals surface area contributed by atoms with Crippen molar-refractivity contribution >= 4 is 27.3 Å². The van der Waals surface area contributed by atoms with Gasteiger partial charge in [-0.25, -0.2) is 4.39 Å². The monoisotopic (exact) mass is 352 g/mol. The first-order chi connectivity index (χ1) is 9.97. The third kappa shape index (κ3) is 4.01. The van der Waals surface area contributed by atoms with E-state index in [1.807, 2.05) is 37.3 Å². The van der Waals surface area contributed by atoms with Crippen molar-refractivity contribution in [3.63, 3.8) is 0 Å². The Labute approximate surface area is 130 Å². The molecule has 2 rings (SSSR count). The van der Waals surface area contributed by atoms with Crippen molar-refractivity contribution in [2.45, 2.75) is 19.4 Å². The number of rotatable bonds is 5. The molecule has 0 bridgehead atoms. The number of nitrogens with one attached hydrogen (secondary N) is 1. The van der Waals surface area contributed by atoms with Gasteiger partial charge in [-0.15, -0.1) is 0 Å². The van der Waals surface area contributed by atoms with Crippen LogP contribution in [0.2, 0.25) is 0 Å². The van der Waals surface area contributed by atoms with E-state index in [4.69, 9.17) is 0 Å². The molecule has 0 radical (unpaired) electrons. The molecule has 0 spiro atoms. The van der Waals surface area contributed by atoms with E-state index in [9.17, 15) is 14.5 Å². The van der Waals surface area contributed by atoms with Crippen LogP contribution in [0.3, 0.4) is 0 Å². The summed E-state index contributed by atoms with van der Waals surface area (Å²) in [6, 6.07) is 12.1. The zero-order valence-electron chi connectivity index (χ0n) is 11.3. The van der Waals surface area contributed by atoms with Gasteiger partial charge in [0.05, 0.1) is 15.5 Å². The molecule has 1 unspecified atom stereocenters. The molecule has 1 N–H and O–H groups in total. The molecule has 4 nitrogen and oxygen atoms in total. The molecule has 0 fully saturated rings. The molecule has 110 valence electrons. The summed E-state index contributed by atoms with van der Waals surface area (Å²) in [7, 11) is 0. The molecule has 2 aromatic carbocycles. The van der Waals surface area contributed by atoms with Crippen molar-refractivity contribution in [2.75, 3.05) is 5.32 Å². The molecule has 2 aromatic rings. The maximum absolute atomic E-state index is 13.4. The van der Waals surface area contributed by atoms with Crippen molar-refractivity contribution in [3.05, 3.63) is 68.4 Å². The number of hydrogen-bond donors (Lipinski definition) is 1. The minimum Gasteiger partial charge on any atom is -0.377 e. The highest BCUT2D eigenvalue weighted by Gasteiger charge is 2.19. The van der Waals surface area contributed by atoms with E-state index in [0.29, 0.717) is 12.1 Å². The predicted octanol–water partition coefficient (Wildman–Crippen LogP) is 4.54. The van der Waals surface area contributed by atoms with Crippen LogP contribution in [-0.4, -0.2) is 11.0 Å². The average molecular weight is 353 g/mol. The molecule has 1 atom stereocenters. The number of benzene rings is 2. The van der Waals surface area contributed by atoms with E-state index in [-0.39, 0.29) is 16.2 Å². The van der Waals surface area contributed by atoms with Gasteiger partial charge in [-0.05, 0) is 40.9 Å². The van der Waals surface area contributed by atoms with Gasteiger partial charge in [0.15, 0.2) is 0 Å². The van der Waals surface area contributed by atoms with Crippen LogP contribution in [0.4, 0.5) is 15.8 Å². The second kappa shape index (κ2) is 6.67. The van der Waals surface area contributed by atoms with Crippen LogP contribution in [-0.2, 0) is 6.42 Å². The number of anilines is 1. The molecular weight excluding hydrogens is 339 g/mol. The fourth-order valence-electron chi connectivity index (χ4n) is 2.09. The summed E-state index contributed by atoms with van der Waals surface area (Å²) < 4.78 is 13.6. The summed E-state index contributed by atoms with van der Waals surface area (Å²) >= 11 is 3.05. The Bertz CT molecular complexity index is 650. The van der Waals surface area contributed by atoms with Crippen molar-refractivity contribution in [2.24, 2.45) is 0 Å². The second-order valence-electron chi connectivity index (χ2n) is 4.78. The SMILES string of the molecule is CC(Cc1ccccc1)Nc1cc(Br)c(F)cc1[N+](=O)[O-]. The summed E-state index contributed by atoms with van der Waals surface area (Å²) in [5, 5.41) is 14.1. The molecule has 6 heteroatoms. The van der Waals surface area contributed by atoms with Gasteiger partial charge in [0.1, 0.15) is 11.5 Å². The Morgan fingerprint density at radius 3 is 2.62 bits per heavy atom. The van der Waals surface area contributed by atoms with E-state index >= 15 is 0 Å². The minimum absolute atomic E-state index is 0.0246. The third-order valence-electron chi connectivity index (χ3n) is 3.02. The number of halogens is 2. The van der Waals surface area contributed by atoms with E-state index in [0.717, 1.165) is 11.6 Å². The maximum Gasteiger partial charge on any atom is 0.295 e. The van der Waals surface area contributed by atoms with Crippen molar-refractivity contribution in [1.82, 2.24) is 0 Å². The fraction of sp³-hybridized carbons (Fsp3) is 0.200. The van der Waals surface area contributed by atoms with Gasteiger partial charge in [-0.2, -0.15) is 0 Å². The lowest BCUT2D eigenvalue weighted by Crippen LogP contribution is -2.19. The number of nitrogens with zero attached hydrogens (tertiary/aromatic N) is 1. The van der Waals surface area contributed by atoms with Crippen molar-refractivity contribution < 1.29 is 9.31 Å². The lowest BCUT2D eigenvalue weighted by molar-refractivity contribution is -0.384. The molecular formula is C15H14BrFN2O2. The van der Waals surface area contributed by atoms with Crippen LogP contribution in [0.5, 0.6) is 0 Å². The van der Waals surface area contributed by atoms with Crippen LogP contribution in [0, 0.1) is 15.9 Å². The molecule has 0 aliphatic rings. The molecule has 0 saturated carbocycles. The Balaban J connectivity index is 2.18. The quantitative estimate of drug-likeness (QED) is 0.634. The Kier molecular flexibility index (Phi) is 4.90. The van der Waals surface area contributed by atoms with Gasteiger partial charge in [0.25, 0.3) is 5.69 Å². The summed E-state index contributed by atoms with van der Waals surface area (Å²) in [6.45, 7) is 1.92. The zero-order chi connectivity index (χ0) is 15.4. The Hall–Kier alpha value is -1.95. The average Bonchev–Trinajstić information content (AvgIpc) is 2.43. The van der Waals surface area contributed by atoms with Crippen molar-refractivity contribution in [3.8, 4) is 0 Å². The number of nitro groups is 1. The predicted molar refractivity (Wildman–Crippen MR) is 84.0 cm³/mol. The van der Waals surface area contributed by atoms with Crippen LogP contribution < -0.4 is 5.32 Å². The molecule has 0 heterocycles. The second-order valence-corrected chi connectivity index (χ2v) is 5.63. The normalized spacial score (nSPS) is 12.0. The summed E-state index contributed by atoms with van der Waals surface area (Å²) in [5.74, 6) is -0.650. The lowest BCUT2D eigenvalue weighted by Gasteiger charge is -2.16. The van der Waals surface area contributed by atoms with Crippen LogP contribution in [0.15, 0.2) is 46.9 Å². The lowest BCUT2D eigenvalue weighted by atomic mass is 10.1. The van der Waals surface area contributed by atoms with Crippen LogP contribution >= 0.6 is 15.9 Å². The smallest absolute Gasteiger partial charge is 0.295 e.